The maximum Gasteiger partial charge on any atom is 0.125 e. The van der Waals surface area contributed by atoms with E-state index in [-0.39, 0.29) is 0 Å². The van der Waals surface area contributed by atoms with E-state index in [1.165, 1.54) is 0 Å². The largest absolute Gasteiger partial charge is 0.396 e. The summed E-state index contributed by atoms with van der Waals surface area (Å²) in [4.78, 5) is 8.34. The number of nitrogens with zero attached hydrogens (tertiary/aromatic N) is 2. The van der Waals surface area contributed by atoms with Crippen LogP contribution in [0.25, 0.3) is 0 Å². The molecule has 1 heterocycles. The van der Waals surface area contributed by atoms with Crippen molar-refractivity contribution in [1.29, 1.82) is 0 Å². The van der Waals surface area contributed by atoms with Crippen molar-refractivity contribution in [2.45, 2.75) is 32.7 Å². The summed E-state index contributed by atoms with van der Waals surface area (Å²) in [5.74, 6) is 0.814. The molecule has 0 amide bonds. The van der Waals surface area contributed by atoms with E-state index >= 15 is 0 Å². The molecule has 0 bridgehead atoms. The molecule has 0 saturated heterocycles. The van der Waals surface area contributed by atoms with Gasteiger partial charge in [-0.25, -0.2) is 9.97 Å². The number of rotatable bonds is 7. The third kappa shape index (κ3) is 5.44. The van der Waals surface area contributed by atoms with Crippen LogP contribution in [-0.4, -0.2) is 28.2 Å². The van der Waals surface area contributed by atoms with E-state index in [0.717, 1.165) is 43.9 Å². The summed E-state index contributed by atoms with van der Waals surface area (Å²) in [5.41, 5.74) is 1.03. The van der Waals surface area contributed by atoms with Gasteiger partial charge in [-0.05, 0) is 38.8 Å². The Balaban J connectivity index is 2.10. The van der Waals surface area contributed by atoms with E-state index in [2.05, 4.69) is 15.3 Å². The number of unbranched alkanes of at least 4 members (excludes halogenated alkanes) is 2. The topological polar surface area (TPSA) is 58.0 Å². The number of hydrogen-bond donors (Lipinski definition) is 2. The Kier molecular flexibility index (Phi) is 5.88. The van der Waals surface area contributed by atoms with Crippen molar-refractivity contribution >= 4 is 0 Å². The van der Waals surface area contributed by atoms with Crippen LogP contribution in [0.15, 0.2) is 12.3 Å². The van der Waals surface area contributed by atoms with Crippen LogP contribution in [0.2, 0.25) is 0 Å². The maximum atomic E-state index is 8.59. The summed E-state index contributed by atoms with van der Waals surface area (Å²) in [7, 11) is 0. The number of aryl methyl sites for hydroxylation is 1. The van der Waals surface area contributed by atoms with Crippen LogP contribution in [0.3, 0.4) is 0 Å². The minimum atomic E-state index is 0.297. The number of hydrogen-bond acceptors (Lipinski definition) is 4. The first-order valence-electron chi connectivity index (χ1n) is 5.43. The highest BCUT2D eigenvalue weighted by molar-refractivity contribution is 5.00. The predicted octanol–water partition coefficient (Wildman–Crippen LogP) is 1.04. The van der Waals surface area contributed by atoms with Crippen molar-refractivity contribution in [3.05, 3.63) is 23.8 Å². The molecule has 0 saturated carbocycles. The summed E-state index contributed by atoms with van der Waals surface area (Å²) in [6.07, 6.45) is 4.86. The monoisotopic (exact) mass is 209 g/mol. The van der Waals surface area contributed by atoms with E-state index < -0.39 is 0 Å². The number of aliphatic hydroxyl groups is 1. The predicted molar refractivity (Wildman–Crippen MR) is 59.4 cm³/mol. The highest BCUT2D eigenvalue weighted by Crippen LogP contribution is 1.95. The molecule has 0 fully saturated rings. The molecular weight excluding hydrogens is 190 g/mol. The van der Waals surface area contributed by atoms with Crippen molar-refractivity contribution in [3.63, 3.8) is 0 Å². The molecule has 0 radical (unpaired) electrons. The molecular formula is C11H19N3O. The second kappa shape index (κ2) is 7.31. The summed E-state index contributed by atoms with van der Waals surface area (Å²) in [6, 6.07) is 1.92. The zero-order valence-corrected chi connectivity index (χ0v) is 9.24. The fourth-order valence-electron chi connectivity index (χ4n) is 1.36. The molecule has 0 atom stereocenters. The van der Waals surface area contributed by atoms with E-state index in [1.807, 2.05) is 13.0 Å². The highest BCUT2D eigenvalue weighted by atomic mass is 16.2. The summed E-state index contributed by atoms with van der Waals surface area (Å²) >= 11 is 0. The van der Waals surface area contributed by atoms with Gasteiger partial charge in [0.25, 0.3) is 0 Å². The Bertz CT molecular complexity index is 278. The zero-order chi connectivity index (χ0) is 10.9. The van der Waals surface area contributed by atoms with E-state index in [9.17, 15) is 0 Å². The number of nitrogens with one attached hydrogen (secondary N) is 1. The summed E-state index contributed by atoms with van der Waals surface area (Å²) in [6.45, 7) is 3.96. The Labute approximate surface area is 90.8 Å². The van der Waals surface area contributed by atoms with Gasteiger partial charge in [-0.2, -0.15) is 0 Å². The molecule has 0 spiro atoms. The van der Waals surface area contributed by atoms with Gasteiger partial charge in [0.1, 0.15) is 5.82 Å². The first-order chi connectivity index (χ1) is 7.33. The summed E-state index contributed by atoms with van der Waals surface area (Å²) < 4.78 is 0. The second-order valence-electron chi connectivity index (χ2n) is 3.56. The third-order valence-electron chi connectivity index (χ3n) is 2.15. The van der Waals surface area contributed by atoms with Gasteiger partial charge in [-0.3, -0.25) is 0 Å². The van der Waals surface area contributed by atoms with Gasteiger partial charge in [0, 0.05) is 19.3 Å². The maximum absolute atomic E-state index is 8.59. The van der Waals surface area contributed by atoms with Crippen LogP contribution >= 0.6 is 0 Å². The average Bonchev–Trinajstić information content (AvgIpc) is 2.23. The standard InChI is InChI=1S/C11H19N3O/c1-10-13-7-5-11(14-10)9-12-6-3-2-4-8-15/h5,7,12,15H,2-4,6,8-9H2,1H3. The quantitative estimate of drug-likeness (QED) is 0.659. The zero-order valence-electron chi connectivity index (χ0n) is 9.24. The lowest BCUT2D eigenvalue weighted by Gasteiger charge is -2.04. The minimum Gasteiger partial charge on any atom is -0.396 e. The lowest BCUT2D eigenvalue weighted by Crippen LogP contribution is -2.16. The van der Waals surface area contributed by atoms with E-state index in [0.29, 0.717) is 6.61 Å². The Morgan fingerprint density at radius 1 is 1.33 bits per heavy atom. The second-order valence-corrected chi connectivity index (χ2v) is 3.56. The van der Waals surface area contributed by atoms with Gasteiger partial charge in [-0.15, -0.1) is 0 Å². The van der Waals surface area contributed by atoms with Crippen LogP contribution in [0.5, 0.6) is 0 Å². The third-order valence-corrected chi connectivity index (χ3v) is 2.15. The SMILES string of the molecule is Cc1nccc(CNCCCCCO)n1. The van der Waals surface area contributed by atoms with Crippen molar-refractivity contribution in [2.75, 3.05) is 13.2 Å². The molecule has 84 valence electrons. The number of aromatic nitrogens is 2. The molecule has 0 aliphatic heterocycles. The lowest BCUT2D eigenvalue weighted by atomic mass is 10.2. The van der Waals surface area contributed by atoms with Gasteiger partial charge in [0.2, 0.25) is 0 Å². The molecule has 1 aromatic rings. The minimum absolute atomic E-state index is 0.297. The van der Waals surface area contributed by atoms with Crippen LogP contribution < -0.4 is 5.32 Å². The van der Waals surface area contributed by atoms with Crippen LogP contribution in [0, 0.1) is 6.92 Å². The van der Waals surface area contributed by atoms with Crippen molar-refractivity contribution in [1.82, 2.24) is 15.3 Å². The molecule has 0 aliphatic rings. The van der Waals surface area contributed by atoms with E-state index in [4.69, 9.17) is 5.11 Å². The highest BCUT2D eigenvalue weighted by Gasteiger charge is 1.94. The van der Waals surface area contributed by atoms with Gasteiger partial charge in [0.05, 0.1) is 5.69 Å². The molecule has 1 rings (SSSR count). The van der Waals surface area contributed by atoms with Crippen molar-refractivity contribution < 1.29 is 5.11 Å². The van der Waals surface area contributed by atoms with Gasteiger partial charge in [-0.1, -0.05) is 0 Å². The van der Waals surface area contributed by atoms with Gasteiger partial charge in [0.15, 0.2) is 0 Å². The fraction of sp³-hybridized carbons (Fsp3) is 0.636. The Hall–Kier alpha value is -1.00. The molecule has 1 aromatic heterocycles. The normalized spacial score (nSPS) is 10.5. The smallest absolute Gasteiger partial charge is 0.125 e. The van der Waals surface area contributed by atoms with Gasteiger partial charge >= 0.3 is 0 Å². The van der Waals surface area contributed by atoms with Crippen LogP contribution in [0.4, 0.5) is 0 Å². The fourth-order valence-corrected chi connectivity index (χ4v) is 1.36. The van der Waals surface area contributed by atoms with E-state index in [1.54, 1.807) is 6.20 Å². The van der Waals surface area contributed by atoms with Crippen LogP contribution in [0.1, 0.15) is 30.8 Å². The number of aliphatic hydroxyl groups excluding tert-OH is 1. The molecule has 0 unspecified atom stereocenters. The Morgan fingerprint density at radius 2 is 2.20 bits per heavy atom. The van der Waals surface area contributed by atoms with Gasteiger partial charge < -0.3 is 10.4 Å². The molecule has 0 aliphatic carbocycles. The Morgan fingerprint density at radius 3 is 2.93 bits per heavy atom. The molecule has 0 aromatic carbocycles. The van der Waals surface area contributed by atoms with Crippen molar-refractivity contribution in [3.8, 4) is 0 Å². The average molecular weight is 209 g/mol. The molecule has 4 nitrogen and oxygen atoms in total. The molecule has 4 heteroatoms. The first-order valence-corrected chi connectivity index (χ1v) is 5.43. The molecule has 2 N–H and O–H groups in total. The molecule has 15 heavy (non-hydrogen) atoms. The summed E-state index contributed by atoms with van der Waals surface area (Å²) in [5, 5.41) is 11.9. The lowest BCUT2D eigenvalue weighted by molar-refractivity contribution is 0.283. The first kappa shape index (κ1) is 12.1. The van der Waals surface area contributed by atoms with Crippen molar-refractivity contribution in [2.24, 2.45) is 0 Å². The van der Waals surface area contributed by atoms with Crippen LogP contribution in [-0.2, 0) is 6.54 Å².